The van der Waals surface area contributed by atoms with Crippen molar-refractivity contribution in [1.82, 2.24) is 10.2 Å². The number of nitrogens with zero attached hydrogens (tertiary/aromatic N) is 1. The van der Waals surface area contributed by atoms with Gasteiger partial charge in [-0.1, -0.05) is 6.07 Å². The van der Waals surface area contributed by atoms with Gasteiger partial charge in [0.05, 0.1) is 0 Å². The topological polar surface area (TPSA) is 58.4 Å². The number of amides is 1. The third-order valence-electron chi connectivity index (χ3n) is 4.13. The summed E-state index contributed by atoms with van der Waals surface area (Å²) in [5.41, 5.74) is 5.90. The zero-order valence-corrected chi connectivity index (χ0v) is 12.0. The molecule has 2 atom stereocenters. The molecule has 2 rings (SSSR count). The molecule has 1 aliphatic rings. The van der Waals surface area contributed by atoms with E-state index in [4.69, 9.17) is 5.73 Å². The van der Waals surface area contributed by atoms with Gasteiger partial charge in [0.15, 0.2) is 0 Å². The molecule has 5 heteroatoms. The molecule has 0 saturated carbocycles. The van der Waals surface area contributed by atoms with Crippen LogP contribution in [0.3, 0.4) is 0 Å². The van der Waals surface area contributed by atoms with E-state index in [2.05, 4.69) is 24.2 Å². The summed E-state index contributed by atoms with van der Waals surface area (Å²) in [5, 5.41) is 3.40. The Morgan fingerprint density at radius 2 is 2.30 bits per heavy atom. The average molecular weight is 279 g/mol. The highest BCUT2D eigenvalue weighted by molar-refractivity contribution is 5.92. The first-order valence-electron chi connectivity index (χ1n) is 6.99. The molecular weight excluding hydrogens is 257 g/mol. The fourth-order valence-corrected chi connectivity index (χ4v) is 2.57. The lowest BCUT2D eigenvalue weighted by atomic mass is 9.98. The lowest BCUT2D eigenvalue weighted by Crippen LogP contribution is -2.45. The summed E-state index contributed by atoms with van der Waals surface area (Å²) >= 11 is 0. The number of carbonyl (C=O) groups excluding carboxylic acids is 1. The van der Waals surface area contributed by atoms with Gasteiger partial charge in [-0.05, 0) is 45.5 Å². The molecule has 0 spiro atoms. The maximum Gasteiger partial charge on any atom is 0.248 e. The molecule has 20 heavy (non-hydrogen) atoms. The molecule has 1 heterocycles. The van der Waals surface area contributed by atoms with E-state index in [1.165, 1.54) is 6.07 Å². The third kappa shape index (κ3) is 3.55. The zero-order valence-electron chi connectivity index (χ0n) is 12.0. The van der Waals surface area contributed by atoms with Crippen molar-refractivity contribution in [3.05, 3.63) is 35.1 Å². The Balaban J connectivity index is 1.93. The van der Waals surface area contributed by atoms with Crippen LogP contribution < -0.4 is 11.1 Å². The fraction of sp³-hybridized carbons (Fsp3) is 0.533. The third-order valence-corrected chi connectivity index (χ3v) is 4.13. The number of rotatable bonds is 4. The first-order valence-corrected chi connectivity index (χ1v) is 6.99. The summed E-state index contributed by atoms with van der Waals surface area (Å²) in [5.74, 6) is -0.984. The zero-order chi connectivity index (χ0) is 14.7. The normalized spacial score (nSPS) is 23.8. The second kappa shape index (κ2) is 6.33. The number of piperidine rings is 1. The monoisotopic (exact) mass is 279 g/mol. The Morgan fingerprint density at radius 1 is 1.55 bits per heavy atom. The lowest BCUT2D eigenvalue weighted by Gasteiger charge is -2.35. The van der Waals surface area contributed by atoms with Gasteiger partial charge in [-0.25, -0.2) is 4.39 Å². The van der Waals surface area contributed by atoms with Crippen LogP contribution in [0.1, 0.15) is 35.7 Å². The molecule has 0 aliphatic carbocycles. The van der Waals surface area contributed by atoms with Crippen molar-refractivity contribution in [3.63, 3.8) is 0 Å². The van der Waals surface area contributed by atoms with Gasteiger partial charge in [-0.15, -0.1) is 0 Å². The summed E-state index contributed by atoms with van der Waals surface area (Å²) in [6.07, 6.45) is 2.14. The van der Waals surface area contributed by atoms with Crippen LogP contribution in [-0.4, -0.2) is 36.5 Å². The minimum atomic E-state index is -0.604. The maximum absolute atomic E-state index is 13.8. The van der Waals surface area contributed by atoms with Gasteiger partial charge in [-0.2, -0.15) is 0 Å². The molecule has 2 unspecified atom stereocenters. The van der Waals surface area contributed by atoms with E-state index in [0.29, 0.717) is 24.2 Å². The first-order chi connectivity index (χ1) is 9.47. The maximum atomic E-state index is 13.8. The summed E-state index contributed by atoms with van der Waals surface area (Å²) in [7, 11) is 2.13. The number of hydrogen-bond acceptors (Lipinski definition) is 3. The SMILES string of the molecule is CC1CC(NCc2ccc(C(N)=O)cc2F)CCN1C. The first kappa shape index (κ1) is 14.9. The van der Waals surface area contributed by atoms with E-state index in [1.54, 1.807) is 12.1 Å². The van der Waals surface area contributed by atoms with Crippen molar-refractivity contribution in [1.29, 1.82) is 0 Å². The van der Waals surface area contributed by atoms with Crippen molar-refractivity contribution in [2.75, 3.05) is 13.6 Å². The minimum absolute atomic E-state index is 0.208. The fourth-order valence-electron chi connectivity index (χ4n) is 2.57. The van der Waals surface area contributed by atoms with E-state index in [-0.39, 0.29) is 11.4 Å². The molecule has 0 aromatic heterocycles. The Hall–Kier alpha value is -1.46. The Morgan fingerprint density at radius 3 is 2.90 bits per heavy atom. The van der Waals surface area contributed by atoms with Gasteiger partial charge < -0.3 is 16.0 Å². The van der Waals surface area contributed by atoms with Gasteiger partial charge in [0.1, 0.15) is 5.82 Å². The van der Waals surface area contributed by atoms with E-state index in [0.717, 1.165) is 19.4 Å². The summed E-state index contributed by atoms with van der Waals surface area (Å²) < 4.78 is 13.8. The number of carbonyl (C=O) groups is 1. The van der Waals surface area contributed by atoms with Crippen molar-refractivity contribution in [2.45, 2.75) is 38.4 Å². The number of likely N-dealkylation sites (tertiary alicyclic amines) is 1. The minimum Gasteiger partial charge on any atom is -0.366 e. The number of nitrogens with two attached hydrogens (primary N) is 1. The number of hydrogen-bond donors (Lipinski definition) is 2. The molecular formula is C15H22FN3O. The van der Waals surface area contributed by atoms with Crippen LogP contribution in [0.5, 0.6) is 0 Å². The number of halogens is 1. The van der Waals surface area contributed by atoms with Crippen molar-refractivity contribution >= 4 is 5.91 Å². The van der Waals surface area contributed by atoms with Crippen LogP contribution in [0.4, 0.5) is 4.39 Å². The summed E-state index contributed by atoms with van der Waals surface area (Å²) in [6.45, 7) is 3.74. The smallest absolute Gasteiger partial charge is 0.248 e. The summed E-state index contributed by atoms with van der Waals surface area (Å²) in [4.78, 5) is 13.3. The van der Waals surface area contributed by atoms with Gasteiger partial charge in [0, 0.05) is 29.8 Å². The van der Waals surface area contributed by atoms with Crippen LogP contribution in [0, 0.1) is 5.82 Å². The molecule has 1 aliphatic heterocycles. The Bertz CT molecular complexity index is 492. The van der Waals surface area contributed by atoms with Gasteiger partial charge in [0.25, 0.3) is 0 Å². The van der Waals surface area contributed by atoms with Gasteiger partial charge in [0.2, 0.25) is 5.91 Å². The highest BCUT2D eigenvalue weighted by Gasteiger charge is 2.22. The average Bonchev–Trinajstić information content (AvgIpc) is 2.41. The molecule has 1 fully saturated rings. The number of nitrogens with one attached hydrogen (secondary N) is 1. The van der Waals surface area contributed by atoms with Crippen molar-refractivity contribution in [2.24, 2.45) is 5.73 Å². The standard InChI is InChI=1S/C15H22FN3O/c1-10-7-13(5-6-19(10)2)18-9-12-4-3-11(15(17)20)8-14(12)16/h3-4,8,10,13,18H,5-7,9H2,1-2H3,(H2,17,20). The van der Waals surface area contributed by atoms with Crippen LogP contribution in [-0.2, 0) is 6.54 Å². The van der Waals surface area contributed by atoms with Crippen LogP contribution >= 0.6 is 0 Å². The van der Waals surface area contributed by atoms with Crippen LogP contribution in [0.2, 0.25) is 0 Å². The molecule has 1 aromatic rings. The predicted molar refractivity (Wildman–Crippen MR) is 76.9 cm³/mol. The number of benzene rings is 1. The lowest BCUT2D eigenvalue weighted by molar-refractivity contribution is 0.1000. The van der Waals surface area contributed by atoms with Gasteiger partial charge >= 0.3 is 0 Å². The second-order valence-corrected chi connectivity index (χ2v) is 5.60. The molecule has 1 amide bonds. The molecule has 0 bridgehead atoms. The molecule has 1 aromatic carbocycles. The molecule has 3 N–H and O–H groups in total. The highest BCUT2D eigenvalue weighted by atomic mass is 19.1. The van der Waals surface area contributed by atoms with Gasteiger partial charge in [-0.3, -0.25) is 4.79 Å². The summed E-state index contributed by atoms with van der Waals surface area (Å²) in [6, 6.07) is 5.36. The quantitative estimate of drug-likeness (QED) is 0.878. The molecule has 4 nitrogen and oxygen atoms in total. The molecule has 1 saturated heterocycles. The van der Waals surface area contributed by atoms with E-state index >= 15 is 0 Å². The molecule has 110 valence electrons. The second-order valence-electron chi connectivity index (χ2n) is 5.60. The van der Waals surface area contributed by atoms with Crippen LogP contribution in [0.15, 0.2) is 18.2 Å². The number of primary amides is 1. The highest BCUT2D eigenvalue weighted by Crippen LogP contribution is 2.16. The van der Waals surface area contributed by atoms with E-state index in [9.17, 15) is 9.18 Å². The molecule has 0 radical (unpaired) electrons. The van der Waals surface area contributed by atoms with Crippen LogP contribution in [0.25, 0.3) is 0 Å². The van der Waals surface area contributed by atoms with E-state index < -0.39 is 5.91 Å². The van der Waals surface area contributed by atoms with Crippen molar-refractivity contribution < 1.29 is 9.18 Å². The Labute approximate surface area is 119 Å². The van der Waals surface area contributed by atoms with Crippen molar-refractivity contribution in [3.8, 4) is 0 Å². The predicted octanol–water partition coefficient (Wildman–Crippen LogP) is 1.50. The Kier molecular flexibility index (Phi) is 4.73. The largest absolute Gasteiger partial charge is 0.366 e. The van der Waals surface area contributed by atoms with E-state index in [1.807, 2.05) is 0 Å².